The van der Waals surface area contributed by atoms with Gasteiger partial charge in [-0.05, 0) is 48.7 Å². The number of aromatic amines is 1. The second-order valence-electron chi connectivity index (χ2n) is 10.9. The number of amides is 2. The van der Waals surface area contributed by atoms with Gasteiger partial charge >= 0.3 is 0 Å². The number of hydrogen-bond acceptors (Lipinski definition) is 6. The second-order valence-corrected chi connectivity index (χ2v) is 10.9. The van der Waals surface area contributed by atoms with Gasteiger partial charge in [-0.3, -0.25) is 14.3 Å². The summed E-state index contributed by atoms with van der Waals surface area (Å²) < 4.78 is 21.4. The van der Waals surface area contributed by atoms with E-state index in [0.717, 1.165) is 42.7 Å². The normalized spacial score (nSPS) is 15.0. The van der Waals surface area contributed by atoms with Crippen molar-refractivity contribution < 1.29 is 18.7 Å². The van der Waals surface area contributed by atoms with Gasteiger partial charge in [0.1, 0.15) is 11.5 Å². The summed E-state index contributed by atoms with van der Waals surface area (Å²) >= 11 is 0. The highest BCUT2D eigenvalue weighted by atomic mass is 19.1. The molecule has 1 fully saturated rings. The van der Waals surface area contributed by atoms with Crippen molar-refractivity contribution in [1.29, 1.82) is 0 Å². The number of nitrogens with one attached hydrogen (secondary N) is 3. The van der Waals surface area contributed by atoms with Gasteiger partial charge in [0.05, 0.1) is 36.3 Å². The number of ether oxygens (including phenoxy) is 1. The molecule has 210 valence electrons. The van der Waals surface area contributed by atoms with Gasteiger partial charge in [0.25, 0.3) is 11.8 Å². The van der Waals surface area contributed by atoms with Crippen LogP contribution in [0.25, 0.3) is 22.3 Å². The number of benzene rings is 1. The lowest BCUT2D eigenvalue weighted by atomic mass is 9.93. The van der Waals surface area contributed by atoms with E-state index in [1.54, 1.807) is 24.1 Å². The molecular formula is C29H34FN7O3. The Balaban J connectivity index is 1.23. The van der Waals surface area contributed by atoms with E-state index in [1.807, 2.05) is 12.3 Å². The van der Waals surface area contributed by atoms with Crippen LogP contribution < -0.4 is 10.6 Å². The number of anilines is 1. The number of fused-ring (bicyclic) bond motifs is 1. The second kappa shape index (κ2) is 11.6. The minimum absolute atomic E-state index is 0.0720. The van der Waals surface area contributed by atoms with Crippen molar-refractivity contribution >= 4 is 28.5 Å². The van der Waals surface area contributed by atoms with Crippen LogP contribution in [0.1, 0.15) is 41.0 Å². The summed E-state index contributed by atoms with van der Waals surface area (Å²) in [5.74, 6) is -1.48. The zero-order valence-electron chi connectivity index (χ0n) is 23.0. The number of hydrogen-bond donors (Lipinski definition) is 3. The summed E-state index contributed by atoms with van der Waals surface area (Å²) in [4.78, 5) is 35.6. The molecule has 0 saturated carbocycles. The number of carbonyl (C=O) groups excluding carboxylic acids is 2. The quantitative estimate of drug-likeness (QED) is 0.277. The first-order valence-electron chi connectivity index (χ1n) is 13.3. The van der Waals surface area contributed by atoms with Crippen LogP contribution in [0.5, 0.6) is 0 Å². The van der Waals surface area contributed by atoms with Crippen molar-refractivity contribution in [3.8, 4) is 11.3 Å². The molecule has 11 heteroatoms. The highest BCUT2D eigenvalue weighted by molar-refractivity contribution is 6.06. The average molecular weight is 548 g/mol. The Bertz CT molecular complexity index is 1530. The molecule has 0 bridgehead atoms. The molecular weight excluding hydrogens is 513 g/mol. The van der Waals surface area contributed by atoms with E-state index in [0.29, 0.717) is 30.8 Å². The third-order valence-corrected chi connectivity index (χ3v) is 7.15. The van der Waals surface area contributed by atoms with E-state index in [9.17, 15) is 14.0 Å². The number of halogens is 1. The lowest BCUT2D eigenvalue weighted by Gasteiger charge is -2.19. The minimum Gasteiger partial charge on any atom is -0.383 e. The Morgan fingerprint density at radius 2 is 1.98 bits per heavy atom. The van der Waals surface area contributed by atoms with Crippen molar-refractivity contribution in [2.24, 2.45) is 5.41 Å². The van der Waals surface area contributed by atoms with E-state index >= 15 is 0 Å². The Hall–Kier alpha value is -4.09. The number of pyridine rings is 1. The van der Waals surface area contributed by atoms with Crippen LogP contribution in [0.2, 0.25) is 0 Å². The first-order valence-corrected chi connectivity index (χ1v) is 13.3. The molecule has 3 aromatic heterocycles. The van der Waals surface area contributed by atoms with Gasteiger partial charge in [-0.25, -0.2) is 9.37 Å². The van der Waals surface area contributed by atoms with Gasteiger partial charge in [0.2, 0.25) is 0 Å². The molecule has 40 heavy (non-hydrogen) atoms. The summed E-state index contributed by atoms with van der Waals surface area (Å²) in [6.07, 6.45) is 6.20. The van der Waals surface area contributed by atoms with E-state index in [2.05, 4.69) is 44.4 Å². The van der Waals surface area contributed by atoms with Crippen LogP contribution in [0.4, 0.5) is 10.1 Å². The number of likely N-dealkylation sites (tertiary alicyclic amines) is 1. The lowest BCUT2D eigenvalue weighted by Crippen LogP contribution is -2.34. The first kappa shape index (κ1) is 27.5. The maximum atomic E-state index is 14.6. The SMILES string of the molecule is COCCn1cc(-c2cc3cc(C(=O)Nc4cc(C(=O)NCCN5CCC(C)(C)C5)ccc4F)cnc3[nH]2)cn1. The predicted molar refractivity (Wildman–Crippen MR) is 151 cm³/mol. The first-order chi connectivity index (χ1) is 19.2. The van der Waals surface area contributed by atoms with Crippen molar-refractivity contribution in [2.45, 2.75) is 26.8 Å². The fourth-order valence-corrected chi connectivity index (χ4v) is 4.91. The maximum absolute atomic E-state index is 14.6. The van der Waals surface area contributed by atoms with Crippen molar-refractivity contribution in [3.63, 3.8) is 0 Å². The number of H-pyrrole nitrogens is 1. The van der Waals surface area contributed by atoms with Gasteiger partial charge in [0, 0.05) is 55.7 Å². The number of nitrogens with zero attached hydrogens (tertiary/aromatic N) is 4. The van der Waals surface area contributed by atoms with E-state index in [-0.39, 0.29) is 22.7 Å². The predicted octanol–water partition coefficient (Wildman–Crippen LogP) is 3.93. The van der Waals surface area contributed by atoms with E-state index < -0.39 is 11.7 Å². The third-order valence-electron chi connectivity index (χ3n) is 7.15. The lowest BCUT2D eigenvalue weighted by molar-refractivity contribution is 0.0948. The van der Waals surface area contributed by atoms with Crippen LogP contribution in [-0.4, -0.2) is 76.4 Å². The smallest absolute Gasteiger partial charge is 0.257 e. The molecule has 0 aliphatic carbocycles. The topological polar surface area (TPSA) is 117 Å². The van der Waals surface area contributed by atoms with Gasteiger partial charge in [-0.1, -0.05) is 13.8 Å². The van der Waals surface area contributed by atoms with Gasteiger partial charge in [0.15, 0.2) is 0 Å². The highest BCUT2D eigenvalue weighted by Crippen LogP contribution is 2.28. The zero-order valence-corrected chi connectivity index (χ0v) is 23.0. The highest BCUT2D eigenvalue weighted by Gasteiger charge is 2.28. The molecule has 10 nitrogen and oxygen atoms in total. The average Bonchev–Trinajstić information content (AvgIpc) is 3.66. The molecule has 1 saturated heterocycles. The monoisotopic (exact) mass is 547 g/mol. The standard InChI is InChI=1S/C29H34FN7O3/c1-29(2)6-8-36(18-29)9-7-31-27(38)19-4-5-23(30)25(13-19)35-28(39)21-12-20-14-24(34-26(20)32-15-21)22-16-33-37(17-22)10-11-40-3/h4-5,12-17H,6-11,18H2,1-3H3,(H,31,38)(H,32,34)(H,35,39). The summed E-state index contributed by atoms with van der Waals surface area (Å²) in [6, 6.07) is 7.50. The summed E-state index contributed by atoms with van der Waals surface area (Å²) in [5, 5.41) is 10.5. The van der Waals surface area contributed by atoms with Crippen molar-refractivity contribution in [2.75, 3.05) is 45.2 Å². The van der Waals surface area contributed by atoms with Crippen LogP contribution in [0.3, 0.4) is 0 Å². The molecule has 1 aliphatic heterocycles. The molecule has 0 radical (unpaired) electrons. The molecule has 0 spiro atoms. The van der Waals surface area contributed by atoms with E-state index in [4.69, 9.17) is 4.74 Å². The summed E-state index contributed by atoms with van der Waals surface area (Å²) in [5.41, 5.74) is 3.05. The summed E-state index contributed by atoms with van der Waals surface area (Å²) in [6.45, 7) is 8.94. The molecule has 4 aromatic rings. The minimum atomic E-state index is -0.632. The number of rotatable bonds is 10. The molecule has 2 amide bonds. The Morgan fingerprint density at radius 3 is 2.75 bits per heavy atom. The summed E-state index contributed by atoms with van der Waals surface area (Å²) in [7, 11) is 1.64. The van der Waals surface area contributed by atoms with Gasteiger partial charge < -0.3 is 25.3 Å². The van der Waals surface area contributed by atoms with Gasteiger partial charge in [-0.15, -0.1) is 0 Å². The molecule has 3 N–H and O–H groups in total. The molecule has 0 atom stereocenters. The maximum Gasteiger partial charge on any atom is 0.257 e. The van der Waals surface area contributed by atoms with Crippen LogP contribution in [-0.2, 0) is 11.3 Å². The molecule has 1 aliphatic rings. The van der Waals surface area contributed by atoms with Crippen LogP contribution in [0, 0.1) is 11.2 Å². The molecule has 1 aromatic carbocycles. The number of methoxy groups -OCH3 is 1. The zero-order chi connectivity index (χ0) is 28.3. The van der Waals surface area contributed by atoms with Gasteiger partial charge in [-0.2, -0.15) is 5.10 Å². The fraction of sp³-hybridized carbons (Fsp3) is 0.379. The third kappa shape index (κ3) is 6.37. The fourth-order valence-electron chi connectivity index (χ4n) is 4.91. The van der Waals surface area contributed by atoms with Crippen LogP contribution >= 0.6 is 0 Å². The molecule has 4 heterocycles. The van der Waals surface area contributed by atoms with Crippen molar-refractivity contribution in [1.82, 2.24) is 30.0 Å². The largest absolute Gasteiger partial charge is 0.383 e. The van der Waals surface area contributed by atoms with Crippen molar-refractivity contribution in [3.05, 3.63) is 65.9 Å². The Morgan fingerprint density at radius 1 is 1.12 bits per heavy atom. The molecule has 5 rings (SSSR count). The van der Waals surface area contributed by atoms with E-state index in [1.165, 1.54) is 24.4 Å². The Kier molecular flexibility index (Phi) is 7.95. The Labute approximate surface area is 231 Å². The molecule has 0 unspecified atom stereocenters. The number of carbonyl (C=O) groups is 2. The number of aromatic nitrogens is 4. The van der Waals surface area contributed by atoms with Crippen LogP contribution in [0.15, 0.2) is 48.9 Å².